The number of nitrogens with two attached hydrogens (primary N) is 2. The van der Waals surface area contributed by atoms with E-state index >= 15 is 27.6 Å². The molecule has 0 saturated carbocycles. The second-order valence-corrected chi connectivity index (χ2v) is 28.8. The number of aromatic amines is 2. The number of unbranched alkanes of at least 4 members (excludes halogenated alkanes) is 1. The number of carbonyl (C=O) groups excluding carboxylic acids is 12. The van der Waals surface area contributed by atoms with E-state index in [1.54, 1.807) is 62.4 Å². The lowest BCUT2D eigenvalue weighted by Gasteiger charge is -2.38. The number of ether oxygens (including phenoxy) is 2. The van der Waals surface area contributed by atoms with Crippen LogP contribution in [0.2, 0.25) is 0 Å². The van der Waals surface area contributed by atoms with Gasteiger partial charge in [-0.3, -0.25) is 57.5 Å². The second-order valence-electron chi connectivity index (χ2n) is 28.8. The lowest BCUT2D eigenvalue weighted by Crippen LogP contribution is -2.65. The predicted molar refractivity (Wildman–Crippen MR) is 393 cm³/mol. The van der Waals surface area contributed by atoms with Crippen LogP contribution in [-0.2, 0) is 83.2 Å². The molecule has 4 aromatic carbocycles. The normalized spacial score (nSPS) is 25.6. The molecule has 2 saturated heterocycles. The van der Waals surface area contributed by atoms with Crippen molar-refractivity contribution >= 4 is 92.7 Å². The summed E-state index contributed by atoms with van der Waals surface area (Å²) in [4.78, 5) is 183. The first-order valence-corrected chi connectivity index (χ1v) is 36.3. The number of rotatable bonds is 15. The molecule has 12 atom stereocenters. The molecule has 4 aliphatic heterocycles. The molecule has 4 aliphatic rings. The maximum absolute atomic E-state index is 16.4. The minimum Gasteiger partial charge on any atom is -0.497 e. The first-order valence-electron chi connectivity index (χ1n) is 36.3. The first kappa shape index (κ1) is 82.0. The monoisotopic (exact) mass is 1520 g/mol. The zero-order valence-corrected chi connectivity index (χ0v) is 61.7. The number of aromatic nitrogens is 2. The number of primary amides is 1. The van der Waals surface area contributed by atoms with Crippen LogP contribution in [-0.4, -0.2) is 207 Å². The molecule has 0 aliphatic carbocycles. The first-order chi connectivity index (χ1) is 51.8. The van der Waals surface area contributed by atoms with Gasteiger partial charge in [0.2, 0.25) is 70.9 Å². The molecule has 0 radical (unpaired) electrons. The van der Waals surface area contributed by atoms with Crippen LogP contribution in [0.15, 0.2) is 97.3 Å². The topological polar surface area (TPSA) is 442 Å². The quantitative estimate of drug-likeness (QED) is 0.0510. The number of benzene rings is 4. The molecule has 0 spiro atoms. The fourth-order valence-electron chi connectivity index (χ4n) is 13.8. The second kappa shape index (κ2) is 36.2. The van der Waals surface area contributed by atoms with Crippen LogP contribution in [0.25, 0.3) is 21.8 Å². The molecule has 2 fully saturated rings. The maximum atomic E-state index is 16.4. The molecule has 6 aromatic rings. The van der Waals surface area contributed by atoms with Crippen LogP contribution in [0.3, 0.4) is 0 Å². The third kappa shape index (κ3) is 20.6. The van der Waals surface area contributed by atoms with Crippen molar-refractivity contribution in [3.05, 3.63) is 131 Å². The Morgan fingerprint density at radius 1 is 0.734 bits per heavy atom. The average Bonchev–Trinajstić information content (AvgIpc) is 1.54. The Morgan fingerprint density at radius 2 is 1.38 bits per heavy atom. The molecule has 10 rings (SSSR count). The Kier molecular flexibility index (Phi) is 27.2. The molecule has 2 aromatic heterocycles. The van der Waals surface area contributed by atoms with E-state index in [0.717, 1.165) is 11.8 Å². The maximum Gasteiger partial charge on any atom is 0.249 e. The van der Waals surface area contributed by atoms with Crippen molar-refractivity contribution in [3.63, 3.8) is 0 Å². The van der Waals surface area contributed by atoms with Gasteiger partial charge in [0.1, 0.15) is 95.3 Å². The van der Waals surface area contributed by atoms with Crippen molar-refractivity contribution < 1.29 is 85.3 Å². The summed E-state index contributed by atoms with van der Waals surface area (Å²) in [6, 6.07) is 7.54. The summed E-state index contributed by atoms with van der Waals surface area (Å²) in [5.41, 5.74) is 10.1. The number of halogens is 3. The lowest BCUT2D eigenvalue weighted by molar-refractivity contribution is -0.148. The number of aliphatic hydroxyl groups excluding tert-OH is 1. The number of alkyl halides is 1. The summed E-state index contributed by atoms with van der Waals surface area (Å²) in [7, 11) is 1.45. The lowest BCUT2D eigenvalue weighted by atomic mass is 9.89. The van der Waals surface area contributed by atoms with Crippen LogP contribution in [0.5, 0.6) is 11.5 Å². The highest BCUT2D eigenvalue weighted by molar-refractivity contribution is 6.02. The van der Waals surface area contributed by atoms with Crippen molar-refractivity contribution in [2.24, 2.45) is 17.4 Å². The molecular weight excluding hydrogens is 1420 g/mol. The van der Waals surface area contributed by atoms with Crippen LogP contribution in [0.1, 0.15) is 109 Å². The van der Waals surface area contributed by atoms with Crippen LogP contribution in [0, 0.1) is 17.6 Å². The number of methoxy groups -OCH3 is 1. The summed E-state index contributed by atoms with van der Waals surface area (Å²) in [5.74, 6) is -12.4. The zero-order valence-electron chi connectivity index (χ0n) is 61.7. The summed E-state index contributed by atoms with van der Waals surface area (Å²) < 4.78 is 57.8. The Bertz CT molecular complexity index is 4350. The highest BCUT2D eigenvalue weighted by Gasteiger charge is 2.51. The number of fused-ring (bicyclic) bond motifs is 32. The highest BCUT2D eigenvalue weighted by atomic mass is 19.1. The van der Waals surface area contributed by atoms with Gasteiger partial charge in [0.15, 0.2) is 0 Å². The van der Waals surface area contributed by atoms with Gasteiger partial charge < -0.3 is 93.7 Å². The van der Waals surface area contributed by atoms with Crippen molar-refractivity contribution in [3.8, 4) is 11.5 Å². The Balaban J connectivity index is 1.08. The van der Waals surface area contributed by atoms with E-state index in [2.05, 4.69) is 57.8 Å². The number of amides is 12. The molecule has 12 amide bonds. The van der Waals surface area contributed by atoms with Crippen molar-refractivity contribution in [1.29, 1.82) is 0 Å². The van der Waals surface area contributed by atoms with Gasteiger partial charge >= 0.3 is 0 Å². The van der Waals surface area contributed by atoms with E-state index in [0.29, 0.717) is 40.1 Å². The van der Waals surface area contributed by atoms with Gasteiger partial charge in [-0.1, -0.05) is 38.1 Å². The molecular formula is C76H96F3N15O15. The van der Waals surface area contributed by atoms with E-state index in [1.807, 2.05) is 0 Å². The zero-order chi connectivity index (χ0) is 79.2. The SMILES string of the molecule is COc1ccc(C[C@@H]2NC(=O)[C@H]([C@@H](C)O)NC(=O)[C@@H]3C[C@H](F)CN3C(=O)[C@](C)(Cc3c[nH]c4ccc(F)cc34)NC(=O)[C@H](Cc3c[nH]c4ccc(F)cc34)NC(=O)[C@@H](C)NC(=O)[C@H](CCCCN)NC(=O)[C@@H](NC(=O)C(C)C)CC(=O)NCCOc3ccc(cc3)C[C@@H](C(N)=O)NC(=O)[C@]3(C)CCCN3C2=O)cc1. The van der Waals surface area contributed by atoms with E-state index in [-0.39, 0.29) is 86.7 Å². The number of nitrogens with one attached hydrogen (secondary N) is 11. The molecule has 6 heterocycles. The van der Waals surface area contributed by atoms with Gasteiger partial charge in [0.05, 0.1) is 32.7 Å². The molecule has 586 valence electrons. The minimum atomic E-state index is -2.30. The molecule has 33 heteroatoms. The van der Waals surface area contributed by atoms with Gasteiger partial charge in [-0.15, -0.1) is 0 Å². The van der Waals surface area contributed by atoms with Crippen LogP contribution >= 0.6 is 0 Å². The van der Waals surface area contributed by atoms with E-state index in [1.165, 1.54) is 81.6 Å². The number of hydrogen-bond donors (Lipinski definition) is 14. The van der Waals surface area contributed by atoms with Crippen molar-refractivity contribution in [1.82, 2.24) is 67.6 Å². The third-order valence-corrected chi connectivity index (χ3v) is 20.0. The Morgan fingerprint density at radius 3 is 2.01 bits per heavy atom. The number of aliphatic hydroxyl groups is 1. The standard InChI is InChI=1S/C76H96F3N15O15/c1-40(2)65(98)87-59-35-62(96)82-26-28-109-51-20-14-43(15-21-51)29-57(64(81)97)90-73(106)76(6)24-10-27-94(76)72(105)60(30-44-12-18-50(108-7)19-13-44)89-71(104)63(42(4)95)91-70(103)61-34-49(79)39-93(61)74(107)75(5,36-46-38-84-55-23-17-48(78)33-53(46)55)92-69(102)58(31-45-37-83-54-22-16-47(77)32-52(45)54)88-66(99)41(3)85-67(100)56(86-68(59)101)11-8-9-25-80/h12-23,32-33,37-38,40-42,49,56-61,63,83-84,95H,8-11,24-31,34-36,39,80H2,1-7H3,(H2,81,97)(H,82,96)(H,85,100)(H,86,101)(H,87,98)(H,88,99)(H,89,104)(H,90,106)(H,91,103)(H,92,102)/t41-,42-,49+,56+,57+,58+,59+,60+,61+,63+,75+,76+/m1/s1. The van der Waals surface area contributed by atoms with E-state index in [9.17, 15) is 48.3 Å². The largest absolute Gasteiger partial charge is 0.497 e. The van der Waals surface area contributed by atoms with E-state index in [4.69, 9.17) is 20.9 Å². The Labute approximate surface area is 626 Å². The fourth-order valence-corrected chi connectivity index (χ4v) is 13.8. The van der Waals surface area contributed by atoms with Gasteiger partial charge in [0.25, 0.3) is 0 Å². The molecule has 30 nitrogen and oxygen atoms in total. The molecule has 16 N–H and O–H groups in total. The van der Waals surface area contributed by atoms with Crippen molar-refractivity contribution in [2.45, 2.75) is 184 Å². The number of hydrogen-bond acceptors (Lipinski definition) is 16. The number of carbonyl (C=O) groups is 12. The average molecular weight is 1520 g/mol. The van der Waals surface area contributed by atoms with Gasteiger partial charge in [-0.2, -0.15) is 0 Å². The highest BCUT2D eigenvalue weighted by Crippen LogP contribution is 2.33. The predicted octanol–water partition coefficient (Wildman–Crippen LogP) is 1.36. The van der Waals surface area contributed by atoms with Crippen LogP contribution in [0.4, 0.5) is 13.2 Å². The van der Waals surface area contributed by atoms with Gasteiger partial charge in [0, 0.05) is 78.8 Å². The molecule has 0 unspecified atom stereocenters. The number of nitrogens with zero attached hydrogens (tertiary/aromatic N) is 2. The van der Waals surface area contributed by atoms with Crippen LogP contribution < -0.4 is 68.8 Å². The summed E-state index contributed by atoms with van der Waals surface area (Å²) in [6.45, 7) is 7.47. The minimum absolute atomic E-state index is 0.0164. The fraction of sp³-hybridized carbons (Fsp3) is 0.474. The van der Waals surface area contributed by atoms with E-state index < -0.39 is 192 Å². The van der Waals surface area contributed by atoms with Crippen molar-refractivity contribution in [2.75, 3.05) is 39.9 Å². The number of H-pyrrole nitrogens is 2. The van der Waals surface area contributed by atoms with Gasteiger partial charge in [-0.05, 0) is 149 Å². The third-order valence-electron chi connectivity index (χ3n) is 20.0. The smallest absolute Gasteiger partial charge is 0.249 e. The molecule has 2 bridgehead atoms. The molecule has 109 heavy (non-hydrogen) atoms. The summed E-state index contributed by atoms with van der Waals surface area (Å²) in [6.07, 6.45) is -2.50. The summed E-state index contributed by atoms with van der Waals surface area (Å²) >= 11 is 0. The summed E-state index contributed by atoms with van der Waals surface area (Å²) in [5, 5.41) is 35.6. The van der Waals surface area contributed by atoms with Gasteiger partial charge in [-0.25, -0.2) is 13.2 Å². The Hall–Kier alpha value is -11.1.